The minimum absolute atomic E-state index is 0.126. The number of benzene rings is 1. The van der Waals surface area contributed by atoms with E-state index in [1.807, 2.05) is 19.1 Å². The zero-order valence-electron chi connectivity index (χ0n) is 11.6. The molecule has 0 saturated carbocycles. The van der Waals surface area contributed by atoms with Crippen LogP contribution < -0.4 is 5.32 Å². The minimum atomic E-state index is -0.126. The Morgan fingerprint density at radius 2 is 2.05 bits per heavy atom. The molecule has 106 valence electrons. The summed E-state index contributed by atoms with van der Waals surface area (Å²) in [5, 5.41) is 5.50. The lowest BCUT2D eigenvalue weighted by Gasteiger charge is -2.35. The average Bonchev–Trinajstić information content (AvgIpc) is 2.98. The van der Waals surface area contributed by atoms with Crippen molar-refractivity contribution in [2.24, 2.45) is 0 Å². The molecule has 2 nitrogen and oxygen atoms in total. The largest absolute Gasteiger partial charge is 0.314 e. The Morgan fingerprint density at radius 1 is 1.25 bits per heavy atom. The fourth-order valence-corrected chi connectivity index (χ4v) is 3.67. The Kier molecular flexibility index (Phi) is 4.15. The van der Waals surface area contributed by atoms with Crippen molar-refractivity contribution in [3.05, 3.63) is 57.5 Å². The van der Waals surface area contributed by atoms with E-state index in [4.69, 9.17) is 0 Å². The van der Waals surface area contributed by atoms with Crippen LogP contribution in [0.4, 0.5) is 4.39 Å². The molecule has 0 radical (unpaired) electrons. The van der Waals surface area contributed by atoms with Crippen molar-refractivity contribution in [3.63, 3.8) is 0 Å². The normalized spacial score (nSPS) is 18.1. The highest BCUT2D eigenvalue weighted by molar-refractivity contribution is 7.10. The topological polar surface area (TPSA) is 15.3 Å². The van der Waals surface area contributed by atoms with Crippen LogP contribution in [0.2, 0.25) is 0 Å². The van der Waals surface area contributed by atoms with Crippen molar-refractivity contribution in [2.45, 2.75) is 13.0 Å². The highest BCUT2D eigenvalue weighted by Crippen LogP contribution is 2.32. The maximum atomic E-state index is 13.5. The summed E-state index contributed by atoms with van der Waals surface area (Å²) < 4.78 is 13.5. The fraction of sp³-hybridized carbons (Fsp3) is 0.375. The molecule has 1 aliphatic rings. The molecule has 4 heteroatoms. The number of nitrogens with one attached hydrogen (secondary N) is 1. The number of hydrogen-bond donors (Lipinski definition) is 1. The van der Waals surface area contributed by atoms with E-state index >= 15 is 0 Å². The van der Waals surface area contributed by atoms with E-state index in [9.17, 15) is 4.39 Å². The lowest BCUT2D eigenvalue weighted by molar-refractivity contribution is 0.200. The van der Waals surface area contributed by atoms with Gasteiger partial charge in [-0.3, -0.25) is 4.90 Å². The minimum Gasteiger partial charge on any atom is -0.314 e. The molecule has 0 aliphatic carbocycles. The third-order valence-corrected chi connectivity index (χ3v) is 4.75. The monoisotopic (exact) mass is 290 g/mol. The summed E-state index contributed by atoms with van der Waals surface area (Å²) in [6.45, 7) is 5.92. The van der Waals surface area contributed by atoms with Gasteiger partial charge in [0, 0.05) is 31.1 Å². The number of halogens is 1. The van der Waals surface area contributed by atoms with Gasteiger partial charge in [0.25, 0.3) is 0 Å². The SMILES string of the molecule is Cc1cc([C@@H](c2cccs2)N2CCNCC2)ccc1F. The first-order chi connectivity index (χ1) is 9.75. The summed E-state index contributed by atoms with van der Waals surface area (Å²) in [6, 6.07) is 10.0. The second-order valence-corrected chi connectivity index (χ2v) is 6.19. The van der Waals surface area contributed by atoms with Crippen LogP contribution in [0.5, 0.6) is 0 Å². The van der Waals surface area contributed by atoms with Crippen LogP contribution in [0.25, 0.3) is 0 Å². The lowest BCUT2D eigenvalue weighted by atomic mass is 10.0. The first kappa shape index (κ1) is 13.7. The van der Waals surface area contributed by atoms with Gasteiger partial charge < -0.3 is 5.32 Å². The molecule has 0 amide bonds. The van der Waals surface area contributed by atoms with Crippen LogP contribution >= 0.6 is 11.3 Å². The smallest absolute Gasteiger partial charge is 0.126 e. The van der Waals surface area contributed by atoms with Crippen LogP contribution in [-0.4, -0.2) is 31.1 Å². The molecule has 1 aromatic carbocycles. The predicted octanol–water partition coefficient (Wildman–Crippen LogP) is 3.19. The van der Waals surface area contributed by atoms with Crippen LogP contribution in [0.1, 0.15) is 22.0 Å². The molecule has 2 aromatic rings. The summed E-state index contributed by atoms with van der Waals surface area (Å²) in [7, 11) is 0. The molecule has 1 fully saturated rings. The molecule has 0 bridgehead atoms. The van der Waals surface area contributed by atoms with Crippen LogP contribution in [0.3, 0.4) is 0 Å². The number of nitrogens with zero attached hydrogens (tertiary/aromatic N) is 1. The molecule has 0 unspecified atom stereocenters. The number of thiophene rings is 1. The van der Waals surface area contributed by atoms with Gasteiger partial charge in [0.15, 0.2) is 0 Å². The van der Waals surface area contributed by atoms with Crippen molar-refractivity contribution < 1.29 is 4.39 Å². The van der Waals surface area contributed by atoms with E-state index < -0.39 is 0 Å². The van der Waals surface area contributed by atoms with Gasteiger partial charge in [0.05, 0.1) is 6.04 Å². The van der Waals surface area contributed by atoms with Gasteiger partial charge >= 0.3 is 0 Å². The second kappa shape index (κ2) is 6.04. The van der Waals surface area contributed by atoms with Crippen molar-refractivity contribution in [1.82, 2.24) is 10.2 Å². The van der Waals surface area contributed by atoms with Crippen molar-refractivity contribution >= 4 is 11.3 Å². The maximum Gasteiger partial charge on any atom is 0.126 e. The summed E-state index contributed by atoms with van der Waals surface area (Å²) >= 11 is 1.77. The summed E-state index contributed by atoms with van der Waals surface area (Å²) in [5.41, 5.74) is 1.91. The number of hydrogen-bond acceptors (Lipinski definition) is 3. The molecule has 1 saturated heterocycles. The van der Waals surface area contributed by atoms with E-state index in [1.165, 1.54) is 10.4 Å². The Morgan fingerprint density at radius 3 is 2.70 bits per heavy atom. The third-order valence-electron chi connectivity index (χ3n) is 3.83. The zero-order chi connectivity index (χ0) is 13.9. The molecule has 0 spiro atoms. The molecule has 1 atom stereocenters. The molecule has 1 N–H and O–H groups in total. The van der Waals surface area contributed by atoms with Gasteiger partial charge in [-0.15, -0.1) is 11.3 Å². The fourth-order valence-electron chi connectivity index (χ4n) is 2.78. The summed E-state index contributed by atoms with van der Waals surface area (Å²) in [5.74, 6) is -0.126. The zero-order valence-corrected chi connectivity index (χ0v) is 12.4. The van der Waals surface area contributed by atoms with Gasteiger partial charge in [0.1, 0.15) is 5.82 Å². The van der Waals surface area contributed by atoms with Crippen LogP contribution in [-0.2, 0) is 0 Å². The van der Waals surface area contributed by atoms with Crippen LogP contribution in [0, 0.1) is 12.7 Å². The van der Waals surface area contributed by atoms with E-state index in [0.717, 1.165) is 31.7 Å². The summed E-state index contributed by atoms with van der Waals surface area (Å²) in [6.07, 6.45) is 0. The molecular formula is C16H19FN2S. The first-order valence-corrected chi connectivity index (χ1v) is 7.88. The van der Waals surface area contributed by atoms with E-state index in [0.29, 0.717) is 0 Å². The number of aryl methyl sites for hydroxylation is 1. The van der Waals surface area contributed by atoms with Gasteiger partial charge in [-0.1, -0.05) is 18.2 Å². The molecule has 20 heavy (non-hydrogen) atoms. The predicted molar refractivity (Wildman–Crippen MR) is 81.7 cm³/mol. The highest BCUT2D eigenvalue weighted by atomic mass is 32.1. The van der Waals surface area contributed by atoms with Crippen molar-refractivity contribution in [1.29, 1.82) is 0 Å². The number of piperazine rings is 1. The molecule has 1 aromatic heterocycles. The summed E-state index contributed by atoms with van der Waals surface area (Å²) in [4.78, 5) is 3.81. The van der Waals surface area contributed by atoms with Gasteiger partial charge in [-0.05, 0) is 35.6 Å². The van der Waals surface area contributed by atoms with Gasteiger partial charge in [-0.2, -0.15) is 0 Å². The Labute approximate surface area is 123 Å². The van der Waals surface area contributed by atoms with Crippen molar-refractivity contribution in [3.8, 4) is 0 Å². The number of rotatable bonds is 3. The molecule has 1 aliphatic heterocycles. The standard InChI is InChI=1S/C16H19FN2S/c1-12-11-13(4-5-14(12)17)16(15-3-2-10-20-15)19-8-6-18-7-9-19/h2-5,10-11,16,18H,6-9H2,1H3/t16-/m0/s1. The van der Waals surface area contributed by atoms with E-state index in [1.54, 1.807) is 17.4 Å². The first-order valence-electron chi connectivity index (χ1n) is 7.00. The third kappa shape index (κ3) is 2.77. The Hall–Kier alpha value is -1.23. The van der Waals surface area contributed by atoms with Crippen LogP contribution in [0.15, 0.2) is 35.7 Å². The van der Waals surface area contributed by atoms with Crippen molar-refractivity contribution in [2.75, 3.05) is 26.2 Å². The van der Waals surface area contributed by atoms with Gasteiger partial charge in [-0.25, -0.2) is 4.39 Å². The molecule has 2 heterocycles. The average molecular weight is 290 g/mol. The molecular weight excluding hydrogens is 271 g/mol. The molecule has 3 rings (SSSR count). The van der Waals surface area contributed by atoms with E-state index in [-0.39, 0.29) is 11.9 Å². The highest BCUT2D eigenvalue weighted by Gasteiger charge is 2.24. The second-order valence-electron chi connectivity index (χ2n) is 5.21. The van der Waals surface area contributed by atoms with Gasteiger partial charge in [0.2, 0.25) is 0 Å². The quantitative estimate of drug-likeness (QED) is 0.934. The Balaban J connectivity index is 1.98. The van der Waals surface area contributed by atoms with E-state index in [2.05, 4.69) is 27.7 Å². The maximum absolute atomic E-state index is 13.5. The lowest BCUT2D eigenvalue weighted by Crippen LogP contribution is -2.45. The Bertz CT molecular complexity index is 562.